The molecule has 0 bridgehead atoms. The van der Waals surface area contributed by atoms with Gasteiger partial charge in [0.2, 0.25) is 0 Å². The third-order valence-corrected chi connectivity index (χ3v) is 2.23. The summed E-state index contributed by atoms with van der Waals surface area (Å²) in [5.41, 5.74) is -0.863. The van der Waals surface area contributed by atoms with Gasteiger partial charge in [0, 0.05) is 0 Å². The second kappa shape index (κ2) is 5.02. The molecule has 0 radical (unpaired) electrons. The molecule has 3 nitrogen and oxygen atoms in total. The van der Waals surface area contributed by atoms with Crippen LogP contribution in [0.3, 0.4) is 0 Å². The average molecular weight is 186 g/mol. The van der Waals surface area contributed by atoms with Crippen molar-refractivity contribution in [3.63, 3.8) is 0 Å². The van der Waals surface area contributed by atoms with Crippen molar-refractivity contribution in [1.29, 1.82) is 0 Å². The van der Waals surface area contributed by atoms with Gasteiger partial charge in [-0.3, -0.25) is 4.79 Å². The van der Waals surface area contributed by atoms with Gasteiger partial charge in [-0.25, -0.2) is 0 Å². The monoisotopic (exact) mass is 186 g/mol. The molecule has 0 fully saturated rings. The molecular formula is C10H18O3. The van der Waals surface area contributed by atoms with Crippen LogP contribution in [0, 0.1) is 5.41 Å². The number of hydrogen-bond donors (Lipinski definition) is 1. The summed E-state index contributed by atoms with van der Waals surface area (Å²) in [6.07, 6.45) is 1.30. The number of carbonyl (C=O) groups excluding carboxylic acids is 1. The smallest absolute Gasteiger partial charge is 0.314 e. The highest BCUT2D eigenvalue weighted by atomic mass is 16.5. The van der Waals surface area contributed by atoms with Crippen molar-refractivity contribution in [2.75, 3.05) is 6.61 Å². The van der Waals surface area contributed by atoms with Gasteiger partial charge in [-0.1, -0.05) is 6.08 Å². The summed E-state index contributed by atoms with van der Waals surface area (Å²) < 4.78 is 4.87. The molecule has 0 aromatic heterocycles. The molecule has 13 heavy (non-hydrogen) atoms. The number of ether oxygens (including phenoxy) is 1. The molecule has 0 amide bonds. The van der Waals surface area contributed by atoms with Crippen LogP contribution in [0.15, 0.2) is 12.7 Å². The molecule has 0 saturated carbocycles. The van der Waals surface area contributed by atoms with E-state index >= 15 is 0 Å². The quantitative estimate of drug-likeness (QED) is 0.523. The lowest BCUT2D eigenvalue weighted by molar-refractivity contribution is -0.160. The van der Waals surface area contributed by atoms with E-state index < -0.39 is 11.5 Å². The van der Waals surface area contributed by atoms with Crippen molar-refractivity contribution < 1.29 is 14.6 Å². The van der Waals surface area contributed by atoms with E-state index in [4.69, 9.17) is 4.74 Å². The zero-order valence-corrected chi connectivity index (χ0v) is 8.54. The maximum absolute atomic E-state index is 11.5. The number of allylic oxidation sites excluding steroid dienone is 1. The lowest BCUT2D eigenvalue weighted by atomic mass is 9.82. The Morgan fingerprint density at radius 3 is 2.62 bits per heavy atom. The summed E-state index contributed by atoms with van der Waals surface area (Å²) >= 11 is 0. The molecule has 0 aromatic rings. The summed E-state index contributed by atoms with van der Waals surface area (Å²) in [5, 5.41) is 9.45. The van der Waals surface area contributed by atoms with Crippen LogP contribution in [0.2, 0.25) is 0 Å². The molecule has 0 aromatic carbocycles. The minimum atomic E-state index is -0.863. The van der Waals surface area contributed by atoms with E-state index in [1.54, 1.807) is 26.8 Å². The highest BCUT2D eigenvalue weighted by Crippen LogP contribution is 2.28. The van der Waals surface area contributed by atoms with Gasteiger partial charge in [0.05, 0.1) is 18.1 Å². The fourth-order valence-electron chi connectivity index (χ4n) is 1.02. The number of esters is 1. The van der Waals surface area contributed by atoms with Crippen LogP contribution in [0.5, 0.6) is 0 Å². The Labute approximate surface area is 79.4 Å². The van der Waals surface area contributed by atoms with Crippen molar-refractivity contribution in [3.8, 4) is 0 Å². The van der Waals surface area contributed by atoms with Gasteiger partial charge in [-0.2, -0.15) is 0 Å². The topological polar surface area (TPSA) is 46.5 Å². The van der Waals surface area contributed by atoms with Crippen LogP contribution in [0.1, 0.15) is 27.2 Å². The predicted octanol–water partition coefficient (Wildman–Crippen LogP) is 1.51. The van der Waals surface area contributed by atoms with Crippen LogP contribution in [-0.2, 0) is 9.53 Å². The summed E-state index contributed by atoms with van der Waals surface area (Å²) in [6.45, 7) is 8.89. The first-order valence-electron chi connectivity index (χ1n) is 4.45. The highest BCUT2D eigenvalue weighted by Gasteiger charge is 2.38. The minimum Gasteiger partial charge on any atom is -0.465 e. The molecular weight excluding hydrogens is 168 g/mol. The maximum Gasteiger partial charge on any atom is 0.314 e. The fourth-order valence-corrected chi connectivity index (χ4v) is 1.02. The molecule has 1 N–H and O–H groups in total. The summed E-state index contributed by atoms with van der Waals surface area (Å²) in [4.78, 5) is 11.5. The van der Waals surface area contributed by atoms with Gasteiger partial charge in [0.15, 0.2) is 0 Å². The zero-order valence-electron chi connectivity index (χ0n) is 8.54. The third kappa shape index (κ3) is 2.84. The Hall–Kier alpha value is -0.830. The van der Waals surface area contributed by atoms with Gasteiger partial charge < -0.3 is 9.84 Å². The first-order valence-corrected chi connectivity index (χ1v) is 4.45. The standard InChI is InChI=1S/C10H18O3/c1-5-7-10(4,8(3)11)9(12)13-6-2/h5,8,11H,1,6-7H2,2-4H3/t8-,10+/m0/s1. The molecule has 0 saturated heterocycles. The fraction of sp³-hybridized carbons (Fsp3) is 0.700. The first-order chi connectivity index (χ1) is 5.99. The maximum atomic E-state index is 11.5. The summed E-state index contributed by atoms with van der Waals surface area (Å²) in [5.74, 6) is -0.370. The summed E-state index contributed by atoms with van der Waals surface area (Å²) in [7, 11) is 0. The average Bonchev–Trinajstić information content (AvgIpc) is 2.04. The van der Waals surface area contributed by atoms with Gasteiger partial charge in [0.25, 0.3) is 0 Å². The van der Waals surface area contributed by atoms with Gasteiger partial charge in [-0.05, 0) is 27.2 Å². The minimum absolute atomic E-state index is 0.332. The Kier molecular flexibility index (Phi) is 4.70. The normalized spacial score (nSPS) is 17.2. The summed E-state index contributed by atoms with van der Waals surface area (Å²) in [6, 6.07) is 0. The molecule has 2 atom stereocenters. The highest BCUT2D eigenvalue weighted by molar-refractivity contribution is 5.77. The zero-order chi connectivity index (χ0) is 10.5. The molecule has 0 aliphatic carbocycles. The SMILES string of the molecule is C=CC[C@@](C)(C(=O)OCC)[C@H](C)O. The van der Waals surface area contributed by atoms with E-state index in [-0.39, 0.29) is 5.97 Å². The third-order valence-electron chi connectivity index (χ3n) is 2.23. The molecule has 0 aliphatic rings. The Bertz CT molecular complexity index is 187. The number of hydrogen-bond acceptors (Lipinski definition) is 3. The van der Waals surface area contributed by atoms with E-state index in [9.17, 15) is 9.90 Å². The van der Waals surface area contributed by atoms with Crippen molar-refractivity contribution in [2.24, 2.45) is 5.41 Å². The van der Waals surface area contributed by atoms with Gasteiger partial charge >= 0.3 is 5.97 Å². The molecule has 0 unspecified atom stereocenters. The van der Waals surface area contributed by atoms with E-state index in [0.29, 0.717) is 13.0 Å². The molecule has 0 rings (SSSR count). The van der Waals surface area contributed by atoms with Crippen LogP contribution in [0.25, 0.3) is 0 Å². The number of rotatable bonds is 5. The van der Waals surface area contributed by atoms with Crippen molar-refractivity contribution in [3.05, 3.63) is 12.7 Å². The Morgan fingerprint density at radius 1 is 1.77 bits per heavy atom. The van der Waals surface area contributed by atoms with E-state index in [1.165, 1.54) is 0 Å². The lowest BCUT2D eigenvalue weighted by Crippen LogP contribution is -2.39. The van der Waals surface area contributed by atoms with Crippen LogP contribution in [0.4, 0.5) is 0 Å². The second-order valence-corrected chi connectivity index (χ2v) is 3.31. The number of aliphatic hydroxyl groups excluding tert-OH is 1. The number of aliphatic hydroxyl groups is 1. The Balaban J connectivity index is 4.56. The van der Waals surface area contributed by atoms with Crippen molar-refractivity contribution in [1.82, 2.24) is 0 Å². The van der Waals surface area contributed by atoms with Crippen molar-refractivity contribution >= 4 is 5.97 Å². The van der Waals surface area contributed by atoms with Gasteiger partial charge in [-0.15, -0.1) is 6.58 Å². The predicted molar refractivity (Wildman–Crippen MR) is 51.2 cm³/mol. The van der Waals surface area contributed by atoms with E-state index in [1.807, 2.05) is 0 Å². The molecule has 0 heterocycles. The van der Waals surface area contributed by atoms with Gasteiger partial charge in [0.1, 0.15) is 0 Å². The molecule has 3 heteroatoms. The van der Waals surface area contributed by atoms with E-state index in [2.05, 4.69) is 6.58 Å². The second-order valence-electron chi connectivity index (χ2n) is 3.31. The lowest BCUT2D eigenvalue weighted by Gasteiger charge is -2.28. The Morgan fingerprint density at radius 2 is 2.31 bits per heavy atom. The van der Waals surface area contributed by atoms with Crippen LogP contribution in [-0.4, -0.2) is 23.8 Å². The van der Waals surface area contributed by atoms with Crippen LogP contribution < -0.4 is 0 Å². The van der Waals surface area contributed by atoms with Crippen LogP contribution >= 0.6 is 0 Å². The largest absolute Gasteiger partial charge is 0.465 e. The number of carbonyl (C=O) groups is 1. The van der Waals surface area contributed by atoms with Crippen molar-refractivity contribution in [2.45, 2.75) is 33.3 Å². The first kappa shape index (κ1) is 12.2. The molecule has 76 valence electrons. The molecule has 0 spiro atoms. The van der Waals surface area contributed by atoms with E-state index in [0.717, 1.165) is 0 Å². The molecule has 0 aliphatic heterocycles.